The molecule has 0 radical (unpaired) electrons. The summed E-state index contributed by atoms with van der Waals surface area (Å²) in [6, 6.07) is 13.8. The Labute approximate surface area is 166 Å². The van der Waals surface area contributed by atoms with Crippen LogP contribution in [-0.2, 0) is 11.3 Å². The molecule has 5 heteroatoms. The summed E-state index contributed by atoms with van der Waals surface area (Å²) in [7, 11) is 3.25. The van der Waals surface area contributed by atoms with Gasteiger partial charge in [-0.1, -0.05) is 30.4 Å². The lowest BCUT2D eigenvalue weighted by Crippen LogP contribution is -2.36. The van der Waals surface area contributed by atoms with Gasteiger partial charge in [0.2, 0.25) is 0 Å². The number of amides is 1. The Morgan fingerprint density at radius 2 is 1.82 bits per heavy atom. The predicted molar refractivity (Wildman–Crippen MR) is 110 cm³/mol. The molecule has 1 fully saturated rings. The molecule has 2 aromatic rings. The van der Waals surface area contributed by atoms with Crippen LogP contribution >= 0.6 is 0 Å². The Morgan fingerprint density at radius 1 is 1.07 bits per heavy atom. The van der Waals surface area contributed by atoms with Crippen molar-refractivity contribution in [3.63, 3.8) is 0 Å². The minimum absolute atomic E-state index is 0.00796. The number of carbonyl (C=O) groups is 1. The maximum Gasteiger partial charge on any atom is 0.261 e. The molecule has 148 valence electrons. The van der Waals surface area contributed by atoms with E-state index in [0.29, 0.717) is 24.1 Å². The van der Waals surface area contributed by atoms with Crippen molar-refractivity contribution in [2.45, 2.75) is 32.4 Å². The molecule has 28 heavy (non-hydrogen) atoms. The zero-order valence-corrected chi connectivity index (χ0v) is 16.7. The van der Waals surface area contributed by atoms with E-state index in [0.717, 1.165) is 29.7 Å². The number of hydrogen-bond acceptors (Lipinski definition) is 4. The summed E-state index contributed by atoms with van der Waals surface area (Å²) in [4.78, 5) is 14.7. The summed E-state index contributed by atoms with van der Waals surface area (Å²) in [5.41, 5.74) is 2.10. The van der Waals surface area contributed by atoms with Crippen LogP contribution in [0.5, 0.6) is 17.2 Å². The molecule has 5 nitrogen and oxygen atoms in total. The summed E-state index contributed by atoms with van der Waals surface area (Å²) in [5.74, 6) is 1.99. The first kappa shape index (κ1) is 19.8. The minimum atomic E-state index is -0.0158. The van der Waals surface area contributed by atoms with Crippen molar-refractivity contribution in [2.75, 3.05) is 20.8 Å². The highest BCUT2D eigenvalue weighted by atomic mass is 16.5. The number of methoxy groups -OCH3 is 2. The van der Waals surface area contributed by atoms with Gasteiger partial charge in [-0.3, -0.25) is 4.79 Å². The largest absolute Gasteiger partial charge is 0.497 e. The maximum absolute atomic E-state index is 12.8. The molecule has 0 unspecified atom stereocenters. The van der Waals surface area contributed by atoms with Crippen LogP contribution in [0.4, 0.5) is 0 Å². The molecule has 0 saturated heterocycles. The topological polar surface area (TPSA) is 48.0 Å². The fourth-order valence-electron chi connectivity index (χ4n) is 3.06. The number of hydrogen-bond donors (Lipinski definition) is 0. The molecule has 1 amide bonds. The fraction of sp³-hybridized carbons (Fsp3) is 0.348. The Hall–Kier alpha value is -2.95. The zero-order chi connectivity index (χ0) is 19.9. The van der Waals surface area contributed by atoms with Crippen LogP contribution in [0.3, 0.4) is 0 Å². The average molecular weight is 381 g/mol. The number of allylic oxidation sites excluding steroid dienone is 1. The van der Waals surface area contributed by atoms with Gasteiger partial charge in [0.05, 0.1) is 14.2 Å². The summed E-state index contributed by atoms with van der Waals surface area (Å²) < 4.78 is 16.4. The Morgan fingerprint density at radius 3 is 2.43 bits per heavy atom. The van der Waals surface area contributed by atoms with Gasteiger partial charge in [0.25, 0.3) is 5.91 Å². The van der Waals surface area contributed by atoms with Crippen molar-refractivity contribution in [1.29, 1.82) is 0 Å². The van der Waals surface area contributed by atoms with Crippen molar-refractivity contribution in [2.24, 2.45) is 0 Å². The minimum Gasteiger partial charge on any atom is -0.497 e. The quantitative estimate of drug-likeness (QED) is 0.650. The highest BCUT2D eigenvalue weighted by Gasteiger charge is 2.32. The van der Waals surface area contributed by atoms with Gasteiger partial charge >= 0.3 is 0 Å². The molecule has 0 aromatic heterocycles. The van der Waals surface area contributed by atoms with Crippen molar-refractivity contribution >= 4 is 12.0 Å². The summed E-state index contributed by atoms with van der Waals surface area (Å²) in [6.07, 6.45) is 6.04. The van der Waals surface area contributed by atoms with E-state index in [9.17, 15) is 4.79 Å². The molecule has 0 aliphatic heterocycles. The molecule has 0 N–H and O–H groups in total. The lowest BCUT2D eigenvalue weighted by molar-refractivity contribution is -0.134. The Bertz CT molecular complexity index is 825. The monoisotopic (exact) mass is 381 g/mol. The number of carbonyl (C=O) groups excluding carboxylic acids is 1. The summed E-state index contributed by atoms with van der Waals surface area (Å²) in [6.45, 7) is 2.53. The van der Waals surface area contributed by atoms with E-state index in [1.807, 2.05) is 66.4 Å². The first-order valence-electron chi connectivity index (χ1n) is 9.50. The van der Waals surface area contributed by atoms with E-state index >= 15 is 0 Å². The third-order valence-electron chi connectivity index (χ3n) is 4.72. The molecular weight excluding hydrogens is 354 g/mol. The van der Waals surface area contributed by atoms with Gasteiger partial charge in [0.1, 0.15) is 5.75 Å². The van der Waals surface area contributed by atoms with E-state index in [1.54, 1.807) is 14.2 Å². The van der Waals surface area contributed by atoms with Crippen LogP contribution < -0.4 is 14.2 Å². The van der Waals surface area contributed by atoms with Crippen LogP contribution in [0.15, 0.2) is 48.5 Å². The number of ether oxygens (including phenoxy) is 3. The average Bonchev–Trinajstić information content (AvgIpc) is 3.56. The lowest BCUT2D eigenvalue weighted by Gasteiger charge is -2.23. The van der Waals surface area contributed by atoms with Crippen molar-refractivity contribution in [3.8, 4) is 17.2 Å². The SMILES string of the molecule is C/C=C/c1ccc(OCC(=O)N(Cc2ccc(OC)cc2)C2CC2)c(OC)c1. The second-order valence-electron chi connectivity index (χ2n) is 6.80. The lowest BCUT2D eigenvalue weighted by atomic mass is 10.2. The van der Waals surface area contributed by atoms with Gasteiger partial charge in [-0.2, -0.15) is 0 Å². The third kappa shape index (κ3) is 5.06. The standard InChI is InChI=1S/C23H27NO4/c1-4-5-17-8-13-21(22(14-17)27-3)28-16-23(25)24(19-9-10-19)15-18-6-11-20(26-2)12-7-18/h4-8,11-14,19H,9-10,15-16H2,1-3H3/b5-4+. The van der Waals surface area contributed by atoms with E-state index in [4.69, 9.17) is 14.2 Å². The molecule has 1 saturated carbocycles. The van der Waals surface area contributed by atoms with Crippen LogP contribution in [-0.4, -0.2) is 37.7 Å². The van der Waals surface area contributed by atoms with E-state index < -0.39 is 0 Å². The Balaban J connectivity index is 1.64. The van der Waals surface area contributed by atoms with Gasteiger partial charge in [-0.05, 0) is 55.2 Å². The highest BCUT2D eigenvalue weighted by molar-refractivity contribution is 5.78. The predicted octanol–water partition coefficient (Wildman–Crippen LogP) is 4.31. The number of benzene rings is 2. The van der Waals surface area contributed by atoms with Crippen molar-refractivity contribution in [3.05, 3.63) is 59.7 Å². The second-order valence-corrected chi connectivity index (χ2v) is 6.80. The van der Waals surface area contributed by atoms with Crippen LogP contribution in [0.2, 0.25) is 0 Å². The smallest absolute Gasteiger partial charge is 0.261 e. The molecule has 3 rings (SSSR count). The molecule has 0 heterocycles. The molecule has 0 atom stereocenters. The second kappa shape index (κ2) is 9.31. The van der Waals surface area contributed by atoms with Crippen molar-refractivity contribution in [1.82, 2.24) is 4.90 Å². The summed E-state index contributed by atoms with van der Waals surface area (Å²) in [5, 5.41) is 0. The number of rotatable bonds is 9. The van der Waals surface area contributed by atoms with E-state index in [1.165, 1.54) is 0 Å². The van der Waals surface area contributed by atoms with Gasteiger partial charge in [0, 0.05) is 12.6 Å². The van der Waals surface area contributed by atoms with Gasteiger partial charge in [0.15, 0.2) is 18.1 Å². The van der Waals surface area contributed by atoms with Crippen LogP contribution in [0.25, 0.3) is 6.08 Å². The molecule has 0 spiro atoms. The fourth-order valence-corrected chi connectivity index (χ4v) is 3.06. The van der Waals surface area contributed by atoms with E-state index in [-0.39, 0.29) is 12.5 Å². The first-order valence-corrected chi connectivity index (χ1v) is 9.50. The van der Waals surface area contributed by atoms with Gasteiger partial charge < -0.3 is 19.1 Å². The molecular formula is C23H27NO4. The molecule has 1 aliphatic carbocycles. The normalized spacial score (nSPS) is 13.4. The summed E-state index contributed by atoms with van der Waals surface area (Å²) >= 11 is 0. The molecule has 0 bridgehead atoms. The van der Waals surface area contributed by atoms with Crippen LogP contribution in [0.1, 0.15) is 30.9 Å². The molecule has 1 aliphatic rings. The number of nitrogens with zero attached hydrogens (tertiary/aromatic N) is 1. The van der Waals surface area contributed by atoms with Gasteiger partial charge in [-0.25, -0.2) is 0 Å². The maximum atomic E-state index is 12.8. The molecule has 2 aromatic carbocycles. The van der Waals surface area contributed by atoms with E-state index in [2.05, 4.69) is 0 Å². The first-order chi connectivity index (χ1) is 13.6. The van der Waals surface area contributed by atoms with Crippen molar-refractivity contribution < 1.29 is 19.0 Å². The Kier molecular flexibility index (Phi) is 6.58. The van der Waals surface area contributed by atoms with Gasteiger partial charge in [-0.15, -0.1) is 0 Å². The zero-order valence-electron chi connectivity index (χ0n) is 16.7. The third-order valence-corrected chi connectivity index (χ3v) is 4.72. The van der Waals surface area contributed by atoms with Crippen LogP contribution in [0, 0.1) is 0 Å². The highest BCUT2D eigenvalue weighted by Crippen LogP contribution is 2.31.